The van der Waals surface area contributed by atoms with Crippen molar-refractivity contribution in [2.45, 2.75) is 33.3 Å². The van der Waals surface area contributed by atoms with E-state index in [-0.39, 0.29) is 12.5 Å². The number of rotatable bonds is 5. The van der Waals surface area contributed by atoms with E-state index in [1.807, 2.05) is 31.4 Å². The summed E-state index contributed by atoms with van der Waals surface area (Å²) in [6.07, 6.45) is 1.49. The number of nitrogens with zero attached hydrogens (tertiary/aromatic N) is 2. The minimum absolute atomic E-state index is 0.0338. The van der Waals surface area contributed by atoms with Crippen molar-refractivity contribution < 1.29 is 18.8 Å². The van der Waals surface area contributed by atoms with Crippen LogP contribution in [0.4, 0.5) is 0 Å². The van der Waals surface area contributed by atoms with Gasteiger partial charge in [0, 0.05) is 17.5 Å². The molecule has 2 N–H and O–H groups in total. The van der Waals surface area contributed by atoms with E-state index in [0.717, 1.165) is 11.4 Å². The number of carbonyl (C=O) groups is 1. The van der Waals surface area contributed by atoms with Crippen LogP contribution in [0.1, 0.15) is 40.2 Å². The van der Waals surface area contributed by atoms with Gasteiger partial charge < -0.3 is 19.4 Å². The molecule has 1 unspecified atom stereocenters. The van der Waals surface area contributed by atoms with Crippen molar-refractivity contribution in [2.75, 3.05) is 6.54 Å². The summed E-state index contributed by atoms with van der Waals surface area (Å²) in [4.78, 5) is 12.6. The van der Waals surface area contributed by atoms with Crippen LogP contribution in [0.3, 0.4) is 0 Å². The smallest absolute Gasteiger partial charge is 0.253 e. The lowest BCUT2D eigenvalue weighted by molar-refractivity contribution is 0.0330. The molecule has 0 bridgehead atoms. The molecule has 1 atom stereocenters. The Morgan fingerprint density at radius 2 is 2.12 bits per heavy atom. The Bertz CT molecular complexity index is 888. The summed E-state index contributed by atoms with van der Waals surface area (Å²) in [6, 6.07) is 6.96. The van der Waals surface area contributed by atoms with Crippen LogP contribution in [0.15, 0.2) is 39.5 Å². The number of aliphatic hydroxyl groups is 1. The van der Waals surface area contributed by atoms with Crippen molar-refractivity contribution in [1.82, 2.24) is 15.0 Å². The molecule has 7 nitrogen and oxygen atoms in total. The molecule has 0 aliphatic heterocycles. The minimum Gasteiger partial charge on any atom is -0.466 e. The van der Waals surface area contributed by atoms with E-state index in [9.17, 15) is 9.90 Å². The molecule has 3 aromatic rings. The second-order valence-corrected chi connectivity index (χ2v) is 6.35. The summed E-state index contributed by atoms with van der Waals surface area (Å²) >= 11 is 0. The van der Waals surface area contributed by atoms with Crippen LogP contribution in [0, 0.1) is 20.8 Å². The summed E-state index contributed by atoms with van der Waals surface area (Å²) in [7, 11) is 0. The molecule has 0 saturated heterocycles. The molecule has 1 amide bonds. The van der Waals surface area contributed by atoms with Crippen LogP contribution in [-0.4, -0.2) is 27.3 Å². The molecule has 3 rings (SSSR count). The Kier molecular flexibility index (Phi) is 4.26. The van der Waals surface area contributed by atoms with Gasteiger partial charge in [0.15, 0.2) is 5.82 Å². The maximum atomic E-state index is 12.6. The third-order valence-electron chi connectivity index (χ3n) is 4.17. The summed E-state index contributed by atoms with van der Waals surface area (Å²) in [5, 5.41) is 17.2. The first kappa shape index (κ1) is 17.0. The Morgan fingerprint density at radius 3 is 2.72 bits per heavy atom. The van der Waals surface area contributed by atoms with Gasteiger partial charge in [0.05, 0.1) is 18.4 Å². The average Bonchev–Trinajstić information content (AvgIpc) is 3.27. The Morgan fingerprint density at radius 1 is 1.36 bits per heavy atom. The Balaban J connectivity index is 1.79. The van der Waals surface area contributed by atoms with Crippen LogP contribution in [0.5, 0.6) is 0 Å². The lowest BCUT2D eigenvalue weighted by Crippen LogP contribution is -2.38. The van der Waals surface area contributed by atoms with E-state index in [0.29, 0.717) is 22.9 Å². The van der Waals surface area contributed by atoms with Crippen LogP contribution in [0.25, 0.3) is 5.82 Å². The van der Waals surface area contributed by atoms with E-state index in [1.54, 1.807) is 25.1 Å². The first-order valence-corrected chi connectivity index (χ1v) is 7.97. The molecular formula is C18H21N3O4. The Hall–Kier alpha value is -2.80. The highest BCUT2D eigenvalue weighted by molar-refractivity contribution is 5.95. The first-order chi connectivity index (χ1) is 11.8. The van der Waals surface area contributed by atoms with Crippen molar-refractivity contribution >= 4 is 5.91 Å². The molecule has 0 spiro atoms. The minimum atomic E-state index is -1.28. The van der Waals surface area contributed by atoms with Crippen molar-refractivity contribution in [3.63, 3.8) is 0 Å². The highest BCUT2D eigenvalue weighted by Crippen LogP contribution is 2.22. The van der Waals surface area contributed by atoms with E-state index < -0.39 is 5.60 Å². The number of amides is 1. The van der Waals surface area contributed by atoms with Crippen molar-refractivity contribution in [1.29, 1.82) is 0 Å². The van der Waals surface area contributed by atoms with Gasteiger partial charge in [0.2, 0.25) is 0 Å². The number of furan rings is 1. The molecule has 3 aromatic heterocycles. The zero-order valence-corrected chi connectivity index (χ0v) is 14.7. The second-order valence-electron chi connectivity index (χ2n) is 6.35. The van der Waals surface area contributed by atoms with Crippen LogP contribution < -0.4 is 5.32 Å². The van der Waals surface area contributed by atoms with Gasteiger partial charge >= 0.3 is 0 Å². The van der Waals surface area contributed by atoms with Gasteiger partial charge in [-0.25, -0.2) is 0 Å². The summed E-state index contributed by atoms with van der Waals surface area (Å²) in [5.74, 6) is 1.46. The number of hydrogen-bond acceptors (Lipinski definition) is 5. The molecule has 0 aromatic carbocycles. The quantitative estimate of drug-likeness (QED) is 0.743. The van der Waals surface area contributed by atoms with Crippen molar-refractivity contribution in [2.24, 2.45) is 0 Å². The first-order valence-electron chi connectivity index (χ1n) is 7.97. The van der Waals surface area contributed by atoms with Crippen molar-refractivity contribution in [3.05, 3.63) is 59.0 Å². The average molecular weight is 343 g/mol. The lowest BCUT2D eigenvalue weighted by atomic mass is 10.0. The molecule has 0 aliphatic carbocycles. The van der Waals surface area contributed by atoms with E-state index in [4.69, 9.17) is 8.94 Å². The fourth-order valence-corrected chi connectivity index (χ4v) is 2.82. The molecule has 0 aliphatic rings. The van der Waals surface area contributed by atoms with Gasteiger partial charge in [-0.15, -0.1) is 0 Å². The van der Waals surface area contributed by atoms with E-state index in [2.05, 4.69) is 10.5 Å². The maximum absolute atomic E-state index is 12.6. The zero-order chi connectivity index (χ0) is 18.2. The van der Waals surface area contributed by atoms with E-state index in [1.165, 1.54) is 6.26 Å². The van der Waals surface area contributed by atoms with Crippen LogP contribution in [0.2, 0.25) is 0 Å². The molecule has 0 radical (unpaired) electrons. The summed E-state index contributed by atoms with van der Waals surface area (Å²) in [5.41, 5.74) is 0.858. The van der Waals surface area contributed by atoms with Gasteiger partial charge in [-0.3, -0.25) is 9.36 Å². The molecule has 0 fully saturated rings. The monoisotopic (exact) mass is 343 g/mol. The van der Waals surface area contributed by atoms with Gasteiger partial charge in [-0.1, -0.05) is 5.16 Å². The van der Waals surface area contributed by atoms with Gasteiger partial charge in [-0.05, 0) is 45.9 Å². The normalized spacial score (nSPS) is 13.6. The lowest BCUT2D eigenvalue weighted by Gasteiger charge is -2.21. The number of nitrogens with one attached hydrogen (secondary N) is 1. The molecule has 7 heteroatoms. The van der Waals surface area contributed by atoms with Crippen LogP contribution >= 0.6 is 0 Å². The molecule has 25 heavy (non-hydrogen) atoms. The number of aromatic nitrogens is 2. The predicted octanol–water partition coefficient (Wildman–Crippen LogP) is 2.62. The fraction of sp³-hybridized carbons (Fsp3) is 0.333. The summed E-state index contributed by atoms with van der Waals surface area (Å²) < 4.78 is 12.2. The number of aryl methyl sites for hydroxylation is 2. The third-order valence-corrected chi connectivity index (χ3v) is 4.17. The second kappa shape index (κ2) is 6.25. The van der Waals surface area contributed by atoms with Gasteiger partial charge in [0.25, 0.3) is 5.91 Å². The topological polar surface area (TPSA) is 93.4 Å². The molecule has 132 valence electrons. The zero-order valence-electron chi connectivity index (χ0n) is 14.7. The number of hydrogen-bond donors (Lipinski definition) is 2. The molecule has 3 heterocycles. The SMILES string of the molecule is Cc1cc(-n2c(C)cc(C(=O)NCC(C)(O)c3ccco3)c2C)no1. The highest BCUT2D eigenvalue weighted by atomic mass is 16.5. The van der Waals surface area contributed by atoms with E-state index >= 15 is 0 Å². The fourth-order valence-electron chi connectivity index (χ4n) is 2.82. The third kappa shape index (κ3) is 3.23. The van der Waals surface area contributed by atoms with Crippen LogP contribution in [-0.2, 0) is 5.60 Å². The molecular weight excluding hydrogens is 322 g/mol. The largest absolute Gasteiger partial charge is 0.466 e. The van der Waals surface area contributed by atoms with Gasteiger partial charge in [-0.2, -0.15) is 0 Å². The number of carbonyl (C=O) groups excluding carboxylic acids is 1. The summed E-state index contributed by atoms with van der Waals surface area (Å²) in [6.45, 7) is 7.18. The predicted molar refractivity (Wildman–Crippen MR) is 90.7 cm³/mol. The standard InChI is InChI=1S/C18H21N3O4/c1-11-8-14(13(3)21(11)16-9-12(2)25-20-16)17(22)19-10-18(4,23)15-6-5-7-24-15/h5-9,23H,10H2,1-4H3,(H,19,22). The Labute approximate surface area is 145 Å². The molecule has 0 saturated carbocycles. The van der Waals surface area contributed by atoms with Crippen molar-refractivity contribution in [3.8, 4) is 5.82 Å². The van der Waals surface area contributed by atoms with Gasteiger partial charge in [0.1, 0.15) is 17.1 Å². The maximum Gasteiger partial charge on any atom is 0.253 e. The highest BCUT2D eigenvalue weighted by Gasteiger charge is 2.28.